The van der Waals surface area contributed by atoms with Crippen molar-refractivity contribution in [3.05, 3.63) is 29.5 Å². The lowest BCUT2D eigenvalue weighted by molar-refractivity contribution is -0.180. The number of carbonyl (C=O) groups excluding carboxylic acids is 2. The van der Waals surface area contributed by atoms with Crippen molar-refractivity contribution in [3.8, 4) is 0 Å². The second kappa shape index (κ2) is 11.0. The molecule has 2 atom stereocenters. The maximum Gasteiger partial charge on any atom is 0.253 e. The summed E-state index contributed by atoms with van der Waals surface area (Å²) in [5.41, 5.74) is 1.99. The van der Waals surface area contributed by atoms with Gasteiger partial charge < -0.3 is 24.0 Å². The van der Waals surface area contributed by atoms with E-state index in [1.165, 1.54) is 6.92 Å². The zero-order valence-corrected chi connectivity index (χ0v) is 20.5. The van der Waals surface area contributed by atoms with Crippen LogP contribution >= 0.6 is 13.5 Å². The van der Waals surface area contributed by atoms with Crippen LogP contribution < -0.4 is 4.90 Å². The number of benzene rings is 1. The van der Waals surface area contributed by atoms with Crippen molar-refractivity contribution < 1.29 is 23.8 Å². The predicted octanol–water partition coefficient (Wildman–Crippen LogP) is 2.54. The van der Waals surface area contributed by atoms with Crippen LogP contribution in [0.4, 0.5) is 5.82 Å². The molecular weight excluding hydrogens is 456 g/mol. The number of Topliss-reactive ketones (excluding diaryl/α,β-unsaturated/α-hetero) is 1. The Morgan fingerprint density at radius 3 is 2.68 bits per heavy atom. The number of nitrogens with zero attached hydrogens (tertiary/aromatic N) is 4. The van der Waals surface area contributed by atoms with E-state index in [9.17, 15) is 9.59 Å². The number of rotatable bonds is 6. The first-order valence-electron chi connectivity index (χ1n) is 11.8. The molecule has 10 heteroatoms. The van der Waals surface area contributed by atoms with Crippen molar-refractivity contribution >= 4 is 42.0 Å². The van der Waals surface area contributed by atoms with Crippen LogP contribution in [0.1, 0.15) is 53.3 Å². The van der Waals surface area contributed by atoms with Gasteiger partial charge >= 0.3 is 0 Å². The molecule has 3 aliphatic heterocycles. The van der Waals surface area contributed by atoms with Crippen molar-refractivity contribution in [1.82, 2.24) is 14.9 Å². The SMILES string of the molecule is CC(=O)c1cc(C(=O)N2CCC2)cc2ncc(N3CCO[C@H](COC4CCCCO4)C3)nc12.S. The molecule has 9 nitrogen and oxygen atoms in total. The van der Waals surface area contributed by atoms with E-state index < -0.39 is 0 Å². The van der Waals surface area contributed by atoms with Crippen LogP contribution in [-0.2, 0) is 14.2 Å². The number of aromatic nitrogens is 2. The second-order valence-corrected chi connectivity index (χ2v) is 8.89. The Kier molecular flexibility index (Phi) is 8.02. The molecule has 1 aromatic heterocycles. The van der Waals surface area contributed by atoms with E-state index in [0.717, 1.165) is 45.4 Å². The lowest BCUT2D eigenvalue weighted by Gasteiger charge is -2.34. The quantitative estimate of drug-likeness (QED) is 0.573. The van der Waals surface area contributed by atoms with Crippen LogP contribution in [-0.4, -0.2) is 85.0 Å². The summed E-state index contributed by atoms with van der Waals surface area (Å²) in [4.78, 5) is 38.3. The molecule has 0 spiro atoms. The molecule has 3 saturated heterocycles. The van der Waals surface area contributed by atoms with E-state index in [1.54, 1.807) is 23.2 Å². The van der Waals surface area contributed by atoms with Crippen LogP contribution in [0.2, 0.25) is 0 Å². The Morgan fingerprint density at radius 2 is 1.97 bits per heavy atom. The van der Waals surface area contributed by atoms with Gasteiger partial charge in [-0.15, -0.1) is 0 Å². The minimum absolute atomic E-state index is 0. The molecule has 1 aromatic carbocycles. The Morgan fingerprint density at radius 1 is 1.12 bits per heavy atom. The number of ether oxygens (including phenoxy) is 3. The number of morpholine rings is 1. The summed E-state index contributed by atoms with van der Waals surface area (Å²) in [5, 5.41) is 0. The van der Waals surface area contributed by atoms with Crippen LogP contribution in [0.15, 0.2) is 18.3 Å². The second-order valence-electron chi connectivity index (χ2n) is 8.89. The molecule has 0 saturated carbocycles. The third kappa shape index (κ3) is 5.35. The average molecular weight is 489 g/mol. The van der Waals surface area contributed by atoms with E-state index >= 15 is 0 Å². The fourth-order valence-corrected chi connectivity index (χ4v) is 4.44. The Bertz CT molecular complexity index is 1040. The maximum absolute atomic E-state index is 12.7. The van der Waals surface area contributed by atoms with Crippen molar-refractivity contribution in [2.24, 2.45) is 0 Å². The molecule has 3 fully saturated rings. The average Bonchev–Trinajstić information content (AvgIpc) is 2.81. The number of ketones is 1. The van der Waals surface area contributed by atoms with E-state index in [4.69, 9.17) is 19.2 Å². The summed E-state index contributed by atoms with van der Waals surface area (Å²) in [6.07, 6.45) is 5.61. The molecule has 184 valence electrons. The van der Waals surface area contributed by atoms with Crippen molar-refractivity contribution in [1.29, 1.82) is 0 Å². The zero-order valence-electron chi connectivity index (χ0n) is 19.5. The van der Waals surface area contributed by atoms with Gasteiger partial charge in [0.05, 0.1) is 31.0 Å². The van der Waals surface area contributed by atoms with Gasteiger partial charge in [0, 0.05) is 43.9 Å². The topological polar surface area (TPSA) is 94.1 Å². The first kappa shape index (κ1) is 24.8. The first-order chi connectivity index (χ1) is 16.1. The van der Waals surface area contributed by atoms with E-state index in [2.05, 4.69) is 9.88 Å². The summed E-state index contributed by atoms with van der Waals surface area (Å²) < 4.78 is 17.4. The predicted molar refractivity (Wildman–Crippen MR) is 132 cm³/mol. The van der Waals surface area contributed by atoms with Gasteiger partial charge in [-0.05, 0) is 44.7 Å². The van der Waals surface area contributed by atoms with Gasteiger partial charge in [-0.1, -0.05) is 0 Å². The normalized spacial score (nSPS) is 22.7. The summed E-state index contributed by atoms with van der Waals surface area (Å²) >= 11 is 0. The van der Waals surface area contributed by atoms with Crippen LogP contribution in [0, 0.1) is 0 Å². The lowest BCUT2D eigenvalue weighted by Crippen LogP contribution is -2.45. The minimum atomic E-state index is -0.149. The fraction of sp³-hybridized carbons (Fsp3) is 0.583. The van der Waals surface area contributed by atoms with Crippen LogP contribution in [0.5, 0.6) is 0 Å². The summed E-state index contributed by atoms with van der Waals surface area (Å²) in [6, 6.07) is 3.39. The third-order valence-corrected chi connectivity index (χ3v) is 6.47. The Balaban J connectivity index is 0.00000274. The maximum atomic E-state index is 12.7. The van der Waals surface area contributed by atoms with Gasteiger partial charge in [-0.2, -0.15) is 13.5 Å². The molecule has 0 radical (unpaired) electrons. The molecule has 0 aliphatic carbocycles. The van der Waals surface area contributed by atoms with Gasteiger partial charge in [0.15, 0.2) is 12.1 Å². The summed E-state index contributed by atoms with van der Waals surface area (Å²) in [7, 11) is 0. The number of amides is 1. The van der Waals surface area contributed by atoms with Gasteiger partial charge in [0.1, 0.15) is 11.3 Å². The van der Waals surface area contributed by atoms with Crippen molar-refractivity contribution in [2.45, 2.75) is 45.0 Å². The van der Waals surface area contributed by atoms with Crippen LogP contribution in [0.3, 0.4) is 0 Å². The number of carbonyl (C=O) groups is 2. The number of hydrogen-bond donors (Lipinski definition) is 0. The number of anilines is 1. The van der Waals surface area contributed by atoms with Crippen molar-refractivity contribution in [3.63, 3.8) is 0 Å². The minimum Gasteiger partial charge on any atom is -0.372 e. The number of fused-ring (bicyclic) bond motifs is 1. The molecule has 1 unspecified atom stereocenters. The van der Waals surface area contributed by atoms with Gasteiger partial charge in [0.25, 0.3) is 5.91 Å². The van der Waals surface area contributed by atoms with Gasteiger partial charge in [0.2, 0.25) is 0 Å². The third-order valence-electron chi connectivity index (χ3n) is 6.47. The molecule has 4 heterocycles. The molecule has 5 rings (SSSR count). The lowest BCUT2D eigenvalue weighted by atomic mass is 10.0. The zero-order chi connectivity index (χ0) is 22.8. The van der Waals surface area contributed by atoms with Gasteiger partial charge in [-0.25, -0.2) is 4.98 Å². The summed E-state index contributed by atoms with van der Waals surface area (Å²) in [5.74, 6) is 0.494. The van der Waals surface area contributed by atoms with Crippen molar-refractivity contribution in [2.75, 3.05) is 50.9 Å². The molecule has 34 heavy (non-hydrogen) atoms. The highest BCUT2D eigenvalue weighted by molar-refractivity contribution is 7.59. The smallest absolute Gasteiger partial charge is 0.253 e. The standard InChI is InChI=1S/C24H30N4O5.H2S/c1-16(29)19-11-17(24(30)27-6-4-7-27)12-20-23(19)26-21(13-25-20)28-8-10-31-18(14-28)15-33-22-5-2-3-9-32-22;/h11-13,18,22H,2-10,14-15H2,1H3;1H2/t18-,22?;/m0./s1. The molecule has 0 N–H and O–H groups in total. The van der Waals surface area contributed by atoms with Gasteiger partial charge in [-0.3, -0.25) is 14.6 Å². The fourth-order valence-electron chi connectivity index (χ4n) is 4.44. The Hall–Kier alpha value is -2.27. The highest BCUT2D eigenvalue weighted by atomic mass is 32.1. The molecule has 1 amide bonds. The largest absolute Gasteiger partial charge is 0.372 e. The highest BCUT2D eigenvalue weighted by Gasteiger charge is 2.26. The monoisotopic (exact) mass is 488 g/mol. The van der Waals surface area contributed by atoms with E-state index in [0.29, 0.717) is 54.3 Å². The highest BCUT2D eigenvalue weighted by Crippen LogP contribution is 2.25. The van der Waals surface area contributed by atoms with Crippen LogP contribution in [0.25, 0.3) is 11.0 Å². The molecule has 3 aliphatic rings. The van der Waals surface area contributed by atoms with E-state index in [-0.39, 0.29) is 37.6 Å². The Labute approximate surface area is 206 Å². The molecular formula is C24H32N4O5S. The first-order valence-corrected chi connectivity index (χ1v) is 11.8. The number of likely N-dealkylation sites (tertiary alicyclic amines) is 1. The molecule has 2 aromatic rings. The molecule has 0 bridgehead atoms. The van der Waals surface area contributed by atoms with E-state index in [1.807, 2.05) is 0 Å². The summed E-state index contributed by atoms with van der Waals surface area (Å²) in [6.45, 7) is 6.07. The number of hydrogen-bond acceptors (Lipinski definition) is 8.